The van der Waals surface area contributed by atoms with Gasteiger partial charge in [-0.2, -0.15) is 0 Å². The predicted molar refractivity (Wildman–Crippen MR) is 105 cm³/mol. The summed E-state index contributed by atoms with van der Waals surface area (Å²) in [4.78, 5) is 28.8. The maximum atomic E-state index is 12.6. The van der Waals surface area contributed by atoms with Crippen molar-refractivity contribution in [3.05, 3.63) is 69.0 Å². The van der Waals surface area contributed by atoms with E-state index in [2.05, 4.69) is 26.2 Å². The lowest BCUT2D eigenvalue weighted by molar-refractivity contribution is 0.0600. The van der Waals surface area contributed by atoms with E-state index in [-0.39, 0.29) is 11.6 Å². The van der Waals surface area contributed by atoms with Crippen LogP contribution in [0, 0.1) is 0 Å². The van der Waals surface area contributed by atoms with Crippen molar-refractivity contribution in [1.29, 1.82) is 0 Å². The number of aromatic nitrogens is 1. The molecule has 0 aliphatic carbocycles. The van der Waals surface area contributed by atoms with Gasteiger partial charge < -0.3 is 15.8 Å². The van der Waals surface area contributed by atoms with Crippen LogP contribution in [0.4, 0.5) is 16.6 Å². The van der Waals surface area contributed by atoms with E-state index < -0.39 is 5.97 Å². The van der Waals surface area contributed by atoms with Gasteiger partial charge in [-0.05, 0) is 30.3 Å². The van der Waals surface area contributed by atoms with E-state index in [1.165, 1.54) is 7.11 Å². The Morgan fingerprint density at radius 1 is 1.15 bits per heavy atom. The number of carbonyl (C=O) groups is 2. The molecule has 8 heteroatoms. The van der Waals surface area contributed by atoms with Crippen molar-refractivity contribution >= 4 is 55.7 Å². The van der Waals surface area contributed by atoms with Crippen LogP contribution < -0.4 is 11.1 Å². The molecule has 0 aliphatic heterocycles. The van der Waals surface area contributed by atoms with Gasteiger partial charge in [-0.1, -0.05) is 45.5 Å². The highest BCUT2D eigenvalue weighted by Gasteiger charge is 2.18. The minimum atomic E-state index is -0.433. The first-order valence-electron chi connectivity index (χ1n) is 7.50. The Kier molecular flexibility index (Phi) is 5.34. The zero-order chi connectivity index (χ0) is 18.7. The van der Waals surface area contributed by atoms with E-state index in [0.29, 0.717) is 26.8 Å². The van der Waals surface area contributed by atoms with Gasteiger partial charge in [0.25, 0.3) is 0 Å². The van der Waals surface area contributed by atoms with Crippen molar-refractivity contribution in [3.8, 4) is 0 Å². The number of carbonyl (C=O) groups excluding carboxylic acids is 2. The fraction of sp³-hybridized carbons (Fsp3) is 0.0556. The van der Waals surface area contributed by atoms with Crippen LogP contribution in [0.2, 0.25) is 0 Å². The van der Waals surface area contributed by atoms with Crippen molar-refractivity contribution in [2.75, 3.05) is 18.2 Å². The number of nitrogens with zero attached hydrogens (tertiary/aromatic N) is 1. The Labute approximate surface area is 162 Å². The van der Waals surface area contributed by atoms with Crippen LogP contribution in [-0.4, -0.2) is 23.8 Å². The van der Waals surface area contributed by atoms with Crippen LogP contribution in [0.1, 0.15) is 25.6 Å². The molecule has 0 unspecified atom stereocenters. The molecule has 2 aromatic carbocycles. The zero-order valence-electron chi connectivity index (χ0n) is 13.7. The number of nitrogens with two attached hydrogens (primary N) is 1. The molecule has 0 amide bonds. The number of rotatable bonds is 5. The standard InChI is InChI=1S/C18H14BrN3O3S/c1-25-17(24)11-5-3-7-13(9-11)21-18-22-16(20)15(26-18)14(23)10-4-2-6-12(19)8-10/h2-9H,20H2,1H3,(H,21,22). The highest BCUT2D eigenvalue weighted by Crippen LogP contribution is 2.30. The van der Waals surface area contributed by atoms with Gasteiger partial charge in [-0.15, -0.1) is 0 Å². The van der Waals surface area contributed by atoms with Crippen molar-refractivity contribution in [2.45, 2.75) is 0 Å². The summed E-state index contributed by atoms with van der Waals surface area (Å²) in [6, 6.07) is 13.9. The smallest absolute Gasteiger partial charge is 0.337 e. The van der Waals surface area contributed by atoms with Crippen LogP contribution in [-0.2, 0) is 4.74 Å². The zero-order valence-corrected chi connectivity index (χ0v) is 16.1. The first kappa shape index (κ1) is 18.1. The summed E-state index contributed by atoms with van der Waals surface area (Å²) in [5, 5.41) is 3.52. The average molecular weight is 432 g/mol. The van der Waals surface area contributed by atoms with E-state index in [4.69, 9.17) is 10.5 Å². The molecular weight excluding hydrogens is 418 g/mol. The highest BCUT2D eigenvalue weighted by molar-refractivity contribution is 9.10. The molecule has 3 aromatic rings. The average Bonchev–Trinajstić information content (AvgIpc) is 3.00. The lowest BCUT2D eigenvalue weighted by atomic mass is 10.1. The molecule has 1 heterocycles. The summed E-state index contributed by atoms with van der Waals surface area (Å²) in [5.74, 6) is -0.470. The molecule has 132 valence electrons. The van der Waals surface area contributed by atoms with Crippen LogP contribution in [0.25, 0.3) is 0 Å². The molecule has 0 spiro atoms. The molecular formula is C18H14BrN3O3S. The van der Waals surface area contributed by atoms with Crippen LogP contribution in [0.5, 0.6) is 0 Å². The van der Waals surface area contributed by atoms with Gasteiger partial charge in [0.05, 0.1) is 12.7 Å². The summed E-state index contributed by atoms with van der Waals surface area (Å²) >= 11 is 4.50. The number of nitrogen functional groups attached to an aromatic ring is 1. The Bertz CT molecular complexity index is 987. The molecule has 0 fully saturated rings. The van der Waals surface area contributed by atoms with Gasteiger partial charge in [0, 0.05) is 15.7 Å². The number of methoxy groups -OCH3 is 1. The normalized spacial score (nSPS) is 10.4. The Hall–Kier alpha value is -2.71. The first-order chi connectivity index (χ1) is 12.5. The molecule has 3 rings (SSSR count). The van der Waals surface area contributed by atoms with Crippen LogP contribution in [0.15, 0.2) is 53.0 Å². The summed E-state index contributed by atoms with van der Waals surface area (Å²) < 4.78 is 5.52. The van der Waals surface area contributed by atoms with E-state index in [1.807, 2.05) is 6.07 Å². The minimum Gasteiger partial charge on any atom is -0.465 e. The van der Waals surface area contributed by atoms with Gasteiger partial charge in [0.2, 0.25) is 5.78 Å². The second kappa shape index (κ2) is 7.67. The number of ether oxygens (including phenoxy) is 1. The second-order valence-corrected chi connectivity index (χ2v) is 7.18. The summed E-state index contributed by atoms with van der Waals surface area (Å²) in [7, 11) is 1.32. The maximum Gasteiger partial charge on any atom is 0.337 e. The van der Waals surface area contributed by atoms with Crippen LogP contribution >= 0.6 is 27.3 Å². The number of hydrogen-bond donors (Lipinski definition) is 2. The van der Waals surface area contributed by atoms with Crippen molar-refractivity contribution < 1.29 is 14.3 Å². The molecule has 0 saturated heterocycles. The van der Waals surface area contributed by atoms with Crippen molar-refractivity contribution in [3.63, 3.8) is 0 Å². The Balaban J connectivity index is 1.85. The van der Waals surface area contributed by atoms with Gasteiger partial charge in [-0.3, -0.25) is 4.79 Å². The van der Waals surface area contributed by atoms with Crippen molar-refractivity contribution in [1.82, 2.24) is 4.98 Å². The predicted octanol–water partition coefficient (Wildman–Crippen LogP) is 4.25. The van der Waals surface area contributed by atoms with E-state index in [9.17, 15) is 9.59 Å². The van der Waals surface area contributed by atoms with Gasteiger partial charge in [-0.25, -0.2) is 9.78 Å². The van der Waals surface area contributed by atoms with Gasteiger partial charge in [0.15, 0.2) is 5.13 Å². The summed E-state index contributed by atoms with van der Waals surface area (Å²) in [6.45, 7) is 0. The molecule has 26 heavy (non-hydrogen) atoms. The van der Waals surface area contributed by atoms with E-state index in [0.717, 1.165) is 15.8 Å². The molecule has 0 aliphatic rings. The number of nitrogens with one attached hydrogen (secondary N) is 1. The minimum absolute atomic E-state index is 0.159. The number of hydrogen-bond acceptors (Lipinski definition) is 7. The molecule has 6 nitrogen and oxygen atoms in total. The third-order valence-corrected chi connectivity index (χ3v) is 4.96. The number of esters is 1. The highest BCUT2D eigenvalue weighted by atomic mass is 79.9. The van der Waals surface area contributed by atoms with Gasteiger partial charge in [0.1, 0.15) is 10.7 Å². The molecule has 0 radical (unpaired) electrons. The molecule has 3 N–H and O–H groups in total. The summed E-state index contributed by atoms with van der Waals surface area (Å²) in [5.41, 5.74) is 7.50. The molecule has 0 bridgehead atoms. The summed E-state index contributed by atoms with van der Waals surface area (Å²) in [6.07, 6.45) is 0. The fourth-order valence-electron chi connectivity index (χ4n) is 2.27. The monoisotopic (exact) mass is 431 g/mol. The third-order valence-electron chi connectivity index (χ3n) is 3.48. The largest absolute Gasteiger partial charge is 0.465 e. The molecule has 0 atom stereocenters. The Morgan fingerprint density at radius 2 is 1.88 bits per heavy atom. The van der Waals surface area contributed by atoms with E-state index in [1.54, 1.807) is 42.5 Å². The maximum absolute atomic E-state index is 12.6. The third kappa shape index (κ3) is 3.92. The number of thiazole rings is 1. The fourth-order valence-corrected chi connectivity index (χ4v) is 3.54. The number of halogens is 1. The molecule has 0 saturated carbocycles. The SMILES string of the molecule is COC(=O)c1cccc(Nc2nc(N)c(C(=O)c3cccc(Br)c3)s2)c1. The van der Waals surface area contributed by atoms with E-state index >= 15 is 0 Å². The Morgan fingerprint density at radius 3 is 2.62 bits per heavy atom. The quantitative estimate of drug-likeness (QED) is 0.463. The number of benzene rings is 2. The topological polar surface area (TPSA) is 94.3 Å². The molecule has 1 aromatic heterocycles. The number of anilines is 3. The van der Waals surface area contributed by atoms with Crippen LogP contribution in [0.3, 0.4) is 0 Å². The van der Waals surface area contributed by atoms with Crippen molar-refractivity contribution in [2.24, 2.45) is 0 Å². The second-order valence-electron chi connectivity index (χ2n) is 5.27. The number of ketones is 1. The van der Waals surface area contributed by atoms with Gasteiger partial charge >= 0.3 is 5.97 Å². The lowest BCUT2D eigenvalue weighted by Gasteiger charge is -2.04. The first-order valence-corrected chi connectivity index (χ1v) is 9.11. The lowest BCUT2D eigenvalue weighted by Crippen LogP contribution is -2.02.